The SMILES string of the molecule is Cc1nc(C(C)(C)C)nc2c1sc1ccccc12. The van der Waals surface area contributed by atoms with Crippen LogP contribution in [0, 0.1) is 6.92 Å². The minimum absolute atomic E-state index is 0.0119. The van der Waals surface area contributed by atoms with Crippen LogP contribution in [-0.2, 0) is 5.41 Å². The molecule has 0 amide bonds. The second kappa shape index (κ2) is 3.75. The number of hydrogen-bond donors (Lipinski definition) is 0. The number of aryl methyl sites for hydroxylation is 1. The molecule has 2 nitrogen and oxygen atoms in total. The summed E-state index contributed by atoms with van der Waals surface area (Å²) in [6, 6.07) is 8.44. The number of hydrogen-bond acceptors (Lipinski definition) is 3. The molecule has 18 heavy (non-hydrogen) atoms. The molecule has 2 heterocycles. The normalized spacial score (nSPS) is 12.4. The average molecular weight is 256 g/mol. The monoisotopic (exact) mass is 256 g/mol. The Morgan fingerprint density at radius 1 is 1.06 bits per heavy atom. The van der Waals surface area contributed by atoms with Gasteiger partial charge in [-0.1, -0.05) is 39.0 Å². The van der Waals surface area contributed by atoms with Gasteiger partial charge in [-0.3, -0.25) is 0 Å². The molecular formula is C15H16N2S. The Labute approximate surface area is 111 Å². The van der Waals surface area contributed by atoms with Gasteiger partial charge in [-0.2, -0.15) is 0 Å². The smallest absolute Gasteiger partial charge is 0.134 e. The maximum absolute atomic E-state index is 4.79. The quantitative estimate of drug-likeness (QED) is 0.594. The predicted octanol–water partition coefficient (Wildman–Crippen LogP) is 4.45. The second-order valence-corrected chi connectivity index (χ2v) is 6.71. The Morgan fingerprint density at radius 2 is 1.78 bits per heavy atom. The Kier molecular flexibility index (Phi) is 2.42. The van der Waals surface area contributed by atoms with E-state index in [1.807, 2.05) is 0 Å². The maximum atomic E-state index is 4.79. The lowest BCUT2D eigenvalue weighted by Gasteiger charge is -2.16. The van der Waals surface area contributed by atoms with Crippen molar-refractivity contribution < 1.29 is 0 Å². The highest BCUT2D eigenvalue weighted by molar-refractivity contribution is 7.25. The zero-order chi connectivity index (χ0) is 12.9. The summed E-state index contributed by atoms with van der Waals surface area (Å²) in [5, 5.41) is 1.24. The summed E-state index contributed by atoms with van der Waals surface area (Å²) < 4.78 is 2.50. The molecule has 92 valence electrons. The summed E-state index contributed by atoms with van der Waals surface area (Å²) in [5.41, 5.74) is 2.18. The van der Waals surface area contributed by atoms with E-state index in [9.17, 15) is 0 Å². The standard InChI is InChI=1S/C15H16N2S/c1-9-13-12(17-14(16-9)15(2,3)4)10-7-5-6-8-11(10)18-13/h5-8H,1-4H3. The van der Waals surface area contributed by atoms with Crippen LogP contribution in [-0.4, -0.2) is 9.97 Å². The third-order valence-electron chi connectivity index (χ3n) is 3.06. The lowest BCUT2D eigenvalue weighted by molar-refractivity contribution is 0.547. The largest absolute Gasteiger partial charge is 0.236 e. The molecule has 2 aromatic heterocycles. The molecule has 0 unspecified atom stereocenters. The molecule has 0 saturated carbocycles. The third kappa shape index (κ3) is 1.70. The average Bonchev–Trinajstić information content (AvgIpc) is 2.67. The van der Waals surface area contributed by atoms with E-state index in [-0.39, 0.29) is 5.41 Å². The molecule has 1 aromatic carbocycles. The van der Waals surface area contributed by atoms with E-state index in [1.165, 1.54) is 14.8 Å². The number of rotatable bonds is 0. The maximum Gasteiger partial charge on any atom is 0.134 e. The molecule has 3 rings (SSSR count). The van der Waals surface area contributed by atoms with Crippen molar-refractivity contribution in [3.8, 4) is 0 Å². The fourth-order valence-corrected chi connectivity index (χ4v) is 3.15. The highest BCUT2D eigenvalue weighted by Crippen LogP contribution is 2.35. The number of aromatic nitrogens is 2. The molecular weight excluding hydrogens is 240 g/mol. The van der Waals surface area contributed by atoms with E-state index in [4.69, 9.17) is 4.98 Å². The molecule has 0 bridgehead atoms. The number of benzene rings is 1. The summed E-state index contributed by atoms with van der Waals surface area (Å²) in [7, 11) is 0. The Bertz CT molecular complexity index is 735. The van der Waals surface area contributed by atoms with Gasteiger partial charge in [-0.05, 0) is 13.0 Å². The number of fused-ring (bicyclic) bond motifs is 3. The minimum Gasteiger partial charge on any atom is -0.236 e. The van der Waals surface area contributed by atoms with Crippen molar-refractivity contribution in [3.05, 3.63) is 35.8 Å². The number of thiophene rings is 1. The Hall–Kier alpha value is -1.48. The fraction of sp³-hybridized carbons (Fsp3) is 0.333. The van der Waals surface area contributed by atoms with Crippen molar-refractivity contribution in [2.75, 3.05) is 0 Å². The predicted molar refractivity (Wildman–Crippen MR) is 78.4 cm³/mol. The van der Waals surface area contributed by atoms with Crippen molar-refractivity contribution in [2.45, 2.75) is 33.1 Å². The van der Waals surface area contributed by atoms with Crippen molar-refractivity contribution in [1.29, 1.82) is 0 Å². The zero-order valence-corrected chi connectivity index (χ0v) is 11.9. The first kappa shape index (κ1) is 11.6. The van der Waals surface area contributed by atoms with Gasteiger partial charge in [0.05, 0.1) is 15.9 Å². The van der Waals surface area contributed by atoms with Crippen molar-refractivity contribution in [1.82, 2.24) is 9.97 Å². The number of nitrogens with zero attached hydrogens (tertiary/aromatic N) is 2. The van der Waals surface area contributed by atoms with Crippen molar-refractivity contribution in [2.24, 2.45) is 0 Å². The summed E-state index contributed by atoms with van der Waals surface area (Å²) in [5.74, 6) is 0.927. The molecule has 0 atom stereocenters. The molecule has 3 heteroatoms. The lowest BCUT2D eigenvalue weighted by Crippen LogP contribution is -2.16. The van der Waals surface area contributed by atoms with E-state index >= 15 is 0 Å². The summed E-state index contributed by atoms with van der Waals surface area (Å²) in [6.07, 6.45) is 0. The Morgan fingerprint density at radius 3 is 2.50 bits per heavy atom. The summed E-state index contributed by atoms with van der Waals surface area (Å²) in [4.78, 5) is 9.46. The van der Waals surface area contributed by atoms with Gasteiger partial charge in [-0.15, -0.1) is 11.3 Å². The van der Waals surface area contributed by atoms with Crippen LogP contribution in [0.25, 0.3) is 20.3 Å². The second-order valence-electron chi connectivity index (χ2n) is 5.66. The molecule has 0 fully saturated rings. The molecule has 0 aliphatic heterocycles. The first-order valence-corrected chi connectivity index (χ1v) is 6.95. The Balaban J connectivity index is 2.44. The van der Waals surface area contributed by atoms with Crippen LogP contribution in [0.5, 0.6) is 0 Å². The van der Waals surface area contributed by atoms with Crippen LogP contribution in [0.4, 0.5) is 0 Å². The van der Waals surface area contributed by atoms with Gasteiger partial charge >= 0.3 is 0 Å². The summed E-state index contributed by atoms with van der Waals surface area (Å²) >= 11 is 1.78. The molecule has 0 saturated heterocycles. The molecule has 0 aliphatic rings. The summed E-state index contributed by atoms with van der Waals surface area (Å²) in [6.45, 7) is 8.54. The molecule has 0 aliphatic carbocycles. The van der Waals surface area contributed by atoms with E-state index in [0.29, 0.717) is 0 Å². The zero-order valence-electron chi connectivity index (χ0n) is 11.1. The van der Waals surface area contributed by atoms with Gasteiger partial charge in [0.2, 0.25) is 0 Å². The topological polar surface area (TPSA) is 25.8 Å². The molecule has 0 spiro atoms. The van der Waals surface area contributed by atoms with Gasteiger partial charge in [0.15, 0.2) is 0 Å². The van der Waals surface area contributed by atoms with Crippen molar-refractivity contribution in [3.63, 3.8) is 0 Å². The first-order valence-electron chi connectivity index (χ1n) is 6.13. The van der Waals surface area contributed by atoms with E-state index in [0.717, 1.165) is 17.0 Å². The van der Waals surface area contributed by atoms with Gasteiger partial charge in [0, 0.05) is 15.5 Å². The van der Waals surface area contributed by atoms with Crippen LogP contribution in [0.15, 0.2) is 24.3 Å². The molecule has 0 N–H and O–H groups in total. The van der Waals surface area contributed by atoms with Gasteiger partial charge in [0.25, 0.3) is 0 Å². The van der Waals surface area contributed by atoms with E-state index < -0.39 is 0 Å². The first-order chi connectivity index (χ1) is 8.47. The molecule has 3 aromatic rings. The van der Waals surface area contributed by atoms with Crippen LogP contribution >= 0.6 is 11.3 Å². The van der Waals surface area contributed by atoms with Crippen LogP contribution in [0.3, 0.4) is 0 Å². The van der Waals surface area contributed by atoms with Crippen molar-refractivity contribution >= 4 is 31.6 Å². The fourth-order valence-electron chi connectivity index (χ4n) is 2.06. The van der Waals surface area contributed by atoms with Crippen LogP contribution < -0.4 is 0 Å². The van der Waals surface area contributed by atoms with Crippen LogP contribution in [0.1, 0.15) is 32.3 Å². The van der Waals surface area contributed by atoms with E-state index in [1.54, 1.807) is 11.3 Å². The van der Waals surface area contributed by atoms with E-state index in [2.05, 4.69) is 56.9 Å². The molecule has 0 radical (unpaired) electrons. The third-order valence-corrected chi connectivity index (χ3v) is 4.33. The van der Waals surface area contributed by atoms with Gasteiger partial charge < -0.3 is 0 Å². The van der Waals surface area contributed by atoms with Gasteiger partial charge in [0.1, 0.15) is 5.82 Å². The minimum atomic E-state index is -0.0119. The lowest BCUT2D eigenvalue weighted by atomic mass is 9.95. The highest BCUT2D eigenvalue weighted by Gasteiger charge is 2.20. The van der Waals surface area contributed by atoms with Crippen LogP contribution in [0.2, 0.25) is 0 Å². The van der Waals surface area contributed by atoms with Gasteiger partial charge in [-0.25, -0.2) is 9.97 Å². The highest BCUT2D eigenvalue weighted by atomic mass is 32.1.